The summed E-state index contributed by atoms with van der Waals surface area (Å²) in [5.74, 6) is -0.608. The Balaban J connectivity index is 1.85. The molecule has 0 aromatic heterocycles. The lowest BCUT2D eigenvalue weighted by Crippen LogP contribution is -2.55. The van der Waals surface area contributed by atoms with Gasteiger partial charge >= 0.3 is 5.97 Å². The number of rotatable bonds is 3. The second-order valence-electron chi connectivity index (χ2n) is 4.99. The molecule has 0 aromatic carbocycles. The van der Waals surface area contributed by atoms with Crippen molar-refractivity contribution in [1.29, 1.82) is 0 Å². The van der Waals surface area contributed by atoms with Crippen LogP contribution >= 0.6 is 0 Å². The molecule has 2 heterocycles. The van der Waals surface area contributed by atoms with Gasteiger partial charge in [0.25, 0.3) is 0 Å². The van der Waals surface area contributed by atoms with Gasteiger partial charge in [-0.25, -0.2) is 0 Å². The first kappa shape index (κ1) is 12.9. The second kappa shape index (κ2) is 5.37. The Labute approximate surface area is 105 Å². The highest BCUT2D eigenvalue weighted by molar-refractivity contribution is 5.81. The number of hydrogen-bond donors (Lipinski definition) is 2. The highest BCUT2D eigenvalue weighted by Crippen LogP contribution is 2.25. The summed E-state index contributed by atoms with van der Waals surface area (Å²) in [5, 5.41) is 11.5. The van der Waals surface area contributed by atoms with Gasteiger partial charge in [-0.05, 0) is 18.8 Å². The number of carboxylic acids is 1. The number of nitrogens with one attached hydrogen (secondary N) is 1. The third-order valence-corrected chi connectivity index (χ3v) is 3.73. The molecular weight excluding hydrogens is 236 g/mol. The van der Waals surface area contributed by atoms with Crippen LogP contribution in [-0.2, 0) is 14.4 Å². The monoisotopic (exact) mass is 254 g/mol. The molecule has 2 aliphatic rings. The molecule has 2 rings (SSSR count). The molecule has 0 radical (unpaired) electrons. The van der Waals surface area contributed by atoms with Crippen molar-refractivity contribution in [2.24, 2.45) is 5.92 Å². The number of hydrogen-bond acceptors (Lipinski definition) is 3. The van der Waals surface area contributed by atoms with E-state index < -0.39 is 5.97 Å². The summed E-state index contributed by atoms with van der Waals surface area (Å²) in [4.78, 5) is 35.2. The van der Waals surface area contributed by atoms with E-state index in [1.54, 1.807) is 4.90 Å². The summed E-state index contributed by atoms with van der Waals surface area (Å²) in [6.07, 6.45) is 2.08. The Kier molecular flexibility index (Phi) is 3.84. The summed E-state index contributed by atoms with van der Waals surface area (Å²) < 4.78 is 0. The smallest absolute Gasteiger partial charge is 0.303 e. The predicted octanol–water partition coefficient (Wildman–Crippen LogP) is -0.0217. The number of piperidine rings is 2. The van der Waals surface area contributed by atoms with Crippen molar-refractivity contribution in [3.8, 4) is 0 Å². The van der Waals surface area contributed by atoms with E-state index in [1.807, 2.05) is 0 Å². The Bertz CT molecular complexity index is 369. The third-order valence-electron chi connectivity index (χ3n) is 3.73. The van der Waals surface area contributed by atoms with Gasteiger partial charge in [-0.1, -0.05) is 0 Å². The Morgan fingerprint density at radius 3 is 2.83 bits per heavy atom. The first-order chi connectivity index (χ1) is 8.56. The van der Waals surface area contributed by atoms with Crippen molar-refractivity contribution in [3.05, 3.63) is 0 Å². The van der Waals surface area contributed by atoms with Crippen molar-refractivity contribution in [2.45, 2.75) is 38.1 Å². The van der Waals surface area contributed by atoms with Gasteiger partial charge in [0.1, 0.15) is 0 Å². The fourth-order valence-electron chi connectivity index (χ4n) is 2.71. The van der Waals surface area contributed by atoms with Crippen LogP contribution in [0.3, 0.4) is 0 Å². The van der Waals surface area contributed by atoms with Crippen LogP contribution in [0.25, 0.3) is 0 Å². The molecule has 2 atom stereocenters. The van der Waals surface area contributed by atoms with Crippen LogP contribution in [0.15, 0.2) is 0 Å². The minimum absolute atomic E-state index is 0.0685. The minimum atomic E-state index is -0.942. The largest absolute Gasteiger partial charge is 0.481 e. The van der Waals surface area contributed by atoms with E-state index in [0.29, 0.717) is 25.4 Å². The van der Waals surface area contributed by atoms with Crippen molar-refractivity contribution >= 4 is 17.8 Å². The summed E-state index contributed by atoms with van der Waals surface area (Å²) in [6.45, 7) is 1.25. The topological polar surface area (TPSA) is 86.7 Å². The molecule has 2 saturated heterocycles. The zero-order valence-electron chi connectivity index (χ0n) is 10.2. The number of carboxylic acid groups (broad SMARTS) is 1. The minimum Gasteiger partial charge on any atom is -0.481 e. The fraction of sp³-hybridized carbons (Fsp3) is 0.750. The number of fused-ring (bicyclic) bond motifs is 1. The summed E-state index contributed by atoms with van der Waals surface area (Å²) in [5.41, 5.74) is 0. The van der Waals surface area contributed by atoms with E-state index in [2.05, 4.69) is 5.32 Å². The van der Waals surface area contributed by atoms with E-state index in [4.69, 9.17) is 5.11 Å². The molecule has 2 amide bonds. The van der Waals surface area contributed by atoms with Crippen molar-refractivity contribution < 1.29 is 19.5 Å². The number of aliphatic carboxylic acids is 1. The number of nitrogens with zero attached hydrogens (tertiary/aromatic N) is 1. The number of amides is 2. The molecule has 100 valence electrons. The predicted molar refractivity (Wildman–Crippen MR) is 62.7 cm³/mol. The van der Waals surface area contributed by atoms with Crippen LogP contribution in [0.4, 0.5) is 0 Å². The van der Waals surface area contributed by atoms with Crippen LogP contribution in [0, 0.1) is 5.92 Å². The molecule has 2 aliphatic heterocycles. The molecule has 2 unspecified atom stereocenters. The van der Waals surface area contributed by atoms with Gasteiger partial charge < -0.3 is 15.3 Å². The molecule has 0 spiro atoms. The number of carbonyl (C=O) groups is 3. The van der Waals surface area contributed by atoms with Gasteiger partial charge in [0.15, 0.2) is 0 Å². The van der Waals surface area contributed by atoms with Gasteiger partial charge in [0.2, 0.25) is 11.8 Å². The number of likely N-dealkylation sites (tertiary alicyclic amines) is 1. The number of carbonyl (C=O) groups excluding carboxylic acids is 2. The average Bonchev–Trinajstić information content (AvgIpc) is 2.35. The molecular formula is C12H18N2O4. The SMILES string of the molecule is O=C(O)CCC(=O)N1CCC2NC(=O)CCC2C1. The van der Waals surface area contributed by atoms with Crippen LogP contribution in [0.2, 0.25) is 0 Å². The molecule has 0 bridgehead atoms. The van der Waals surface area contributed by atoms with Crippen LogP contribution in [0.1, 0.15) is 32.1 Å². The zero-order chi connectivity index (χ0) is 13.1. The lowest BCUT2D eigenvalue weighted by atomic mass is 9.85. The normalized spacial score (nSPS) is 27.3. The average molecular weight is 254 g/mol. The molecule has 18 heavy (non-hydrogen) atoms. The van der Waals surface area contributed by atoms with Gasteiger partial charge in [-0.2, -0.15) is 0 Å². The van der Waals surface area contributed by atoms with Gasteiger partial charge in [-0.3, -0.25) is 14.4 Å². The van der Waals surface area contributed by atoms with Gasteiger partial charge in [-0.15, -0.1) is 0 Å². The highest BCUT2D eigenvalue weighted by atomic mass is 16.4. The Morgan fingerprint density at radius 1 is 1.33 bits per heavy atom. The first-order valence-corrected chi connectivity index (χ1v) is 6.35. The van der Waals surface area contributed by atoms with E-state index in [1.165, 1.54) is 0 Å². The summed E-state index contributed by atoms with van der Waals surface area (Å²) >= 11 is 0. The van der Waals surface area contributed by atoms with E-state index in [-0.39, 0.29) is 30.7 Å². The molecule has 2 N–H and O–H groups in total. The van der Waals surface area contributed by atoms with Crippen molar-refractivity contribution in [3.63, 3.8) is 0 Å². The molecule has 2 fully saturated rings. The molecule has 6 heteroatoms. The molecule has 0 saturated carbocycles. The molecule has 0 aliphatic carbocycles. The Hall–Kier alpha value is -1.59. The molecule has 0 aromatic rings. The second-order valence-corrected chi connectivity index (χ2v) is 4.99. The van der Waals surface area contributed by atoms with Gasteiger partial charge in [0, 0.05) is 32.0 Å². The van der Waals surface area contributed by atoms with Crippen LogP contribution in [-0.4, -0.2) is 46.9 Å². The highest BCUT2D eigenvalue weighted by Gasteiger charge is 2.35. The van der Waals surface area contributed by atoms with Gasteiger partial charge in [0.05, 0.1) is 6.42 Å². The van der Waals surface area contributed by atoms with E-state index in [0.717, 1.165) is 12.8 Å². The van der Waals surface area contributed by atoms with E-state index in [9.17, 15) is 14.4 Å². The quantitative estimate of drug-likeness (QED) is 0.741. The van der Waals surface area contributed by atoms with Crippen LogP contribution < -0.4 is 5.32 Å². The van der Waals surface area contributed by atoms with E-state index >= 15 is 0 Å². The maximum atomic E-state index is 11.8. The van der Waals surface area contributed by atoms with Crippen LogP contribution in [0.5, 0.6) is 0 Å². The van der Waals surface area contributed by atoms with Crippen molar-refractivity contribution in [2.75, 3.05) is 13.1 Å². The lowest BCUT2D eigenvalue weighted by Gasteiger charge is -2.41. The fourth-order valence-corrected chi connectivity index (χ4v) is 2.71. The maximum absolute atomic E-state index is 11.8. The lowest BCUT2D eigenvalue weighted by molar-refractivity contribution is -0.142. The Morgan fingerprint density at radius 2 is 2.11 bits per heavy atom. The standard InChI is InChI=1S/C12H18N2O4/c15-10-2-1-8-7-14(6-5-9(8)13-10)11(16)3-4-12(17)18/h8-9H,1-7H2,(H,13,15)(H,17,18). The third kappa shape index (κ3) is 3.00. The zero-order valence-corrected chi connectivity index (χ0v) is 10.2. The van der Waals surface area contributed by atoms with Crippen molar-refractivity contribution in [1.82, 2.24) is 10.2 Å². The molecule has 6 nitrogen and oxygen atoms in total. The summed E-state index contributed by atoms with van der Waals surface area (Å²) in [6, 6.07) is 0.190. The maximum Gasteiger partial charge on any atom is 0.303 e. The first-order valence-electron chi connectivity index (χ1n) is 6.35. The summed E-state index contributed by atoms with van der Waals surface area (Å²) in [7, 11) is 0.